The van der Waals surface area contributed by atoms with E-state index in [4.69, 9.17) is 4.74 Å². The number of allylic oxidation sites excluding steroid dienone is 2. The molecule has 1 aromatic carbocycles. The van der Waals surface area contributed by atoms with Crippen LogP contribution in [0.1, 0.15) is 80.6 Å². The average molecular weight is 684 g/mol. The van der Waals surface area contributed by atoms with E-state index in [0.29, 0.717) is 38.1 Å². The van der Waals surface area contributed by atoms with Gasteiger partial charge in [0.1, 0.15) is 5.78 Å². The molecule has 204 valence electrons. The van der Waals surface area contributed by atoms with Crippen molar-refractivity contribution in [2.24, 2.45) is 0 Å². The summed E-state index contributed by atoms with van der Waals surface area (Å²) in [5.41, 5.74) is 3.39. The second kappa shape index (κ2) is 23.9. The van der Waals surface area contributed by atoms with Crippen molar-refractivity contribution in [3.8, 4) is 0 Å². The van der Waals surface area contributed by atoms with Crippen LogP contribution in [0.4, 0.5) is 4.79 Å². The first-order valence-corrected chi connectivity index (χ1v) is 13.2. The molecule has 0 aliphatic heterocycles. The van der Waals surface area contributed by atoms with Gasteiger partial charge in [0.2, 0.25) is 0 Å². The number of ketones is 2. The first kappa shape index (κ1) is 39.4. The summed E-state index contributed by atoms with van der Waals surface area (Å²) in [6.45, 7) is 2.86. The molecule has 0 saturated carbocycles. The van der Waals surface area contributed by atoms with Crippen LogP contribution in [0.2, 0.25) is 0 Å². The molecular weight excluding hydrogens is 643 g/mol. The molecule has 1 aromatic rings. The zero-order valence-corrected chi connectivity index (χ0v) is 34.0. The maximum absolute atomic E-state index is 12.8. The van der Waals surface area contributed by atoms with Crippen LogP contribution in [0.3, 0.4) is 0 Å². The Morgan fingerprint density at radius 2 is 1.64 bits per heavy atom. The van der Waals surface area contributed by atoms with E-state index >= 15 is 0 Å². The molecule has 0 fully saturated rings. The number of amides is 3. The molecule has 39 heavy (non-hydrogen) atoms. The van der Waals surface area contributed by atoms with Gasteiger partial charge in [-0.25, -0.2) is 0 Å². The van der Waals surface area contributed by atoms with Crippen LogP contribution in [-0.4, -0.2) is 56.9 Å². The molecule has 0 saturated heterocycles. The molecule has 2 N–H and O–H groups in total. The average Bonchev–Trinajstić information content (AvgIpc) is 2.91. The molecule has 0 bridgehead atoms. The maximum atomic E-state index is 12.8. The van der Waals surface area contributed by atoms with Gasteiger partial charge in [0.15, 0.2) is 11.8 Å². The number of ether oxygens (including phenoxy) is 1. The van der Waals surface area contributed by atoms with E-state index in [-0.39, 0.29) is 153 Å². The largest absolute Gasteiger partial charge is 1.00 e. The summed E-state index contributed by atoms with van der Waals surface area (Å²) in [5, 5.41) is 13.8. The number of nitrogens with zero attached hydrogens (tertiary/aromatic N) is 2. The third-order valence-electron chi connectivity index (χ3n) is 6.11. The van der Waals surface area contributed by atoms with Crippen molar-refractivity contribution in [3.05, 3.63) is 57.3 Å². The van der Waals surface area contributed by atoms with Gasteiger partial charge in [0, 0.05) is 36.9 Å². The predicted molar refractivity (Wildman–Crippen MR) is 144 cm³/mol. The Labute approximate surface area is 330 Å². The fraction of sp³-hybridized carbons (Fsp3) is 0.571. The summed E-state index contributed by atoms with van der Waals surface area (Å²) < 4.78 is 5.33. The van der Waals surface area contributed by atoms with Gasteiger partial charge in [0.05, 0.1) is 12.5 Å². The fourth-order valence-corrected chi connectivity index (χ4v) is 4.03. The normalized spacial score (nSPS) is 12.5. The Bertz CT molecular complexity index is 938. The van der Waals surface area contributed by atoms with Crippen LogP contribution in [0.5, 0.6) is 0 Å². The molecule has 11 heteroatoms. The molecule has 0 heterocycles. The molecule has 0 radical (unpaired) electrons. The predicted octanol–water partition coefficient (Wildman–Crippen LogP) is -1.04. The van der Waals surface area contributed by atoms with Crippen LogP contribution in [0.15, 0.2) is 35.5 Å². The van der Waals surface area contributed by atoms with Crippen LogP contribution in [-0.2, 0) is 20.9 Å². The molecule has 1 aliphatic carbocycles. The van der Waals surface area contributed by atoms with Crippen LogP contribution >= 0.6 is 0 Å². The van der Waals surface area contributed by atoms with Gasteiger partial charge in [-0.2, -0.15) is 0 Å². The second-order valence-corrected chi connectivity index (χ2v) is 9.18. The Balaban J connectivity index is 0.00000722. The molecule has 3 amide bonds. The Hall–Kier alpha value is 0.410. The monoisotopic (exact) mass is 682 g/mol. The van der Waals surface area contributed by atoms with E-state index in [2.05, 4.69) is 21.3 Å². The van der Waals surface area contributed by atoms with Crippen LogP contribution < -0.4 is 127 Å². The summed E-state index contributed by atoms with van der Waals surface area (Å²) in [6, 6.07) is 6.87. The van der Waals surface area contributed by atoms with Crippen molar-refractivity contribution >= 4 is 23.5 Å². The summed E-state index contributed by atoms with van der Waals surface area (Å²) in [5.74, 6) is -0.111. The molecule has 1 aliphatic rings. The molecule has 0 spiro atoms. The first-order valence-electron chi connectivity index (χ1n) is 13.2. The van der Waals surface area contributed by atoms with Crippen molar-refractivity contribution in [2.45, 2.75) is 71.3 Å². The molecule has 9 nitrogen and oxygen atoms in total. The summed E-state index contributed by atoms with van der Waals surface area (Å²) >= 11 is 0. The molecular formula is C28H40N4O5Rb2. The SMILES string of the molecule is CNC1=C(C(=O)c2ccc(C[N-]C(=O)COCCC[N-]C(=O)NCCCCCC(C)=O)cc2)CCCC1.[Rb+].[Rb+]. The minimum atomic E-state index is -0.358. The maximum Gasteiger partial charge on any atom is 1.00 e. The van der Waals surface area contributed by atoms with Crippen molar-refractivity contribution in [1.82, 2.24) is 10.6 Å². The Morgan fingerprint density at radius 3 is 2.33 bits per heavy atom. The molecule has 2 rings (SSSR count). The number of carbonyl (C=O) groups is 4. The van der Waals surface area contributed by atoms with Crippen molar-refractivity contribution in [2.75, 3.05) is 33.4 Å². The van der Waals surface area contributed by atoms with Crippen LogP contribution in [0, 0.1) is 0 Å². The van der Waals surface area contributed by atoms with Gasteiger partial charge < -0.3 is 35.6 Å². The number of hydrogen-bond donors (Lipinski definition) is 2. The van der Waals surface area contributed by atoms with Gasteiger partial charge in [-0.05, 0) is 52.0 Å². The van der Waals surface area contributed by atoms with E-state index < -0.39 is 0 Å². The molecule has 0 atom stereocenters. The molecule has 0 aromatic heterocycles. The van der Waals surface area contributed by atoms with E-state index in [1.165, 1.54) is 0 Å². The van der Waals surface area contributed by atoms with E-state index in [0.717, 1.165) is 61.8 Å². The minimum absolute atomic E-state index is 0. The number of hydrogen-bond acceptors (Lipinski definition) is 6. The van der Waals surface area contributed by atoms with Gasteiger partial charge in [0.25, 0.3) is 0 Å². The summed E-state index contributed by atoms with van der Waals surface area (Å²) in [7, 11) is 1.86. The van der Waals surface area contributed by atoms with E-state index in [1.54, 1.807) is 19.1 Å². The standard InChI is InChI=1S/C28H42N4O5.2Rb/c1-21(33)9-4-3-7-16-30-28(36)31-17-8-18-37-20-26(34)32-19-22-12-14-23(15-13-22)27(35)24-10-5-6-11-25(24)29-2;;/h12-15H,3-11,16-20H2,1-2H3,(H4,29,30,31,32,34,35,36);;/q;2*+1/p-2. The summed E-state index contributed by atoms with van der Waals surface area (Å²) in [6.07, 6.45) is 7.51. The molecule has 0 unspecified atom stereocenters. The minimum Gasteiger partial charge on any atom is -0.648 e. The number of rotatable bonds is 17. The van der Waals surface area contributed by atoms with Gasteiger partial charge in [-0.3, -0.25) is 9.59 Å². The third kappa shape index (κ3) is 17.2. The third-order valence-corrected chi connectivity index (χ3v) is 6.11. The zero-order valence-electron chi connectivity index (χ0n) is 24.1. The van der Waals surface area contributed by atoms with Crippen molar-refractivity contribution in [1.29, 1.82) is 0 Å². The number of nitrogens with one attached hydrogen (secondary N) is 2. The zero-order chi connectivity index (χ0) is 26.9. The van der Waals surface area contributed by atoms with Crippen LogP contribution in [0.25, 0.3) is 10.6 Å². The number of carbonyl (C=O) groups excluding carboxylic acids is 4. The second-order valence-electron chi connectivity index (χ2n) is 9.18. The number of Topliss-reactive ketones (excluding diaryl/α,β-unsaturated/α-hetero) is 2. The Kier molecular flexibility index (Phi) is 24.2. The van der Waals surface area contributed by atoms with Gasteiger partial charge in [-0.1, -0.05) is 49.2 Å². The fourth-order valence-electron chi connectivity index (χ4n) is 4.03. The summed E-state index contributed by atoms with van der Waals surface area (Å²) in [4.78, 5) is 47.3. The number of urea groups is 1. The Morgan fingerprint density at radius 1 is 0.923 bits per heavy atom. The van der Waals surface area contributed by atoms with E-state index in [9.17, 15) is 19.2 Å². The number of unbranched alkanes of at least 4 members (excludes halogenated alkanes) is 2. The number of benzene rings is 1. The van der Waals surface area contributed by atoms with E-state index in [1.807, 2.05) is 19.2 Å². The van der Waals surface area contributed by atoms with Crippen molar-refractivity contribution < 1.29 is 140 Å². The van der Waals surface area contributed by atoms with Crippen molar-refractivity contribution in [3.63, 3.8) is 0 Å². The quantitative estimate of drug-likeness (QED) is 0.160. The first-order chi connectivity index (χ1) is 17.9. The van der Waals surface area contributed by atoms with Gasteiger partial charge >= 0.3 is 116 Å². The smallest absolute Gasteiger partial charge is 0.648 e. The topological polar surface area (TPSA) is 130 Å². The van der Waals surface area contributed by atoms with Gasteiger partial charge in [-0.15, -0.1) is 6.54 Å².